The van der Waals surface area contributed by atoms with Gasteiger partial charge in [0.15, 0.2) is 5.82 Å². The average Bonchev–Trinajstić information content (AvgIpc) is 2.72. The van der Waals surface area contributed by atoms with Gasteiger partial charge >= 0.3 is 0 Å². The second-order valence-electron chi connectivity index (χ2n) is 7.42. The Morgan fingerprint density at radius 2 is 1.93 bits per heavy atom. The molecule has 2 aliphatic rings. The number of carbonyl (C=O) groups is 1. The van der Waals surface area contributed by atoms with Crippen LogP contribution in [0.5, 0.6) is 0 Å². The number of hydrogen-bond acceptors (Lipinski definition) is 7. The summed E-state index contributed by atoms with van der Waals surface area (Å²) in [6.07, 6.45) is 6.15. The van der Waals surface area contributed by atoms with Crippen LogP contribution in [0.4, 0.5) is 11.5 Å². The number of ether oxygens (including phenoxy) is 1. The predicted octanol–water partition coefficient (Wildman–Crippen LogP) is 0.598. The number of carbonyl (C=O) groups excluding carboxylic acids is 1. The number of likely N-dealkylation sites (N-methyl/N-ethyl adjacent to an activating group) is 1. The van der Waals surface area contributed by atoms with E-state index in [-0.39, 0.29) is 11.8 Å². The first-order chi connectivity index (χ1) is 13.2. The minimum atomic E-state index is 0.0977. The number of piperidine rings is 1. The number of hydrogen-bond donors (Lipinski definition) is 1. The van der Waals surface area contributed by atoms with Gasteiger partial charge in [-0.05, 0) is 26.3 Å². The van der Waals surface area contributed by atoms with Crippen molar-refractivity contribution in [3.8, 4) is 0 Å². The molecule has 2 saturated heterocycles. The third-order valence-electron chi connectivity index (χ3n) is 5.51. The zero-order chi connectivity index (χ0) is 19.1. The maximum Gasteiger partial charge on any atom is 0.223 e. The maximum absolute atomic E-state index is 12.3. The van der Waals surface area contributed by atoms with Crippen LogP contribution in [-0.4, -0.2) is 87.4 Å². The number of methoxy groups -OCH3 is 1. The molecule has 0 unspecified atom stereocenters. The van der Waals surface area contributed by atoms with Gasteiger partial charge in [0.1, 0.15) is 6.33 Å². The molecule has 1 aromatic heterocycles. The summed E-state index contributed by atoms with van der Waals surface area (Å²) < 4.78 is 5.02. The van der Waals surface area contributed by atoms with Gasteiger partial charge in [0.25, 0.3) is 0 Å². The highest BCUT2D eigenvalue weighted by Gasteiger charge is 2.28. The summed E-state index contributed by atoms with van der Waals surface area (Å²) in [4.78, 5) is 28.2. The van der Waals surface area contributed by atoms with E-state index in [4.69, 9.17) is 4.74 Å². The molecule has 3 heterocycles. The molecule has 0 spiro atoms. The second kappa shape index (κ2) is 9.85. The molecule has 0 aliphatic carbocycles. The highest BCUT2D eigenvalue weighted by atomic mass is 16.5. The van der Waals surface area contributed by atoms with E-state index in [1.807, 2.05) is 6.20 Å². The van der Waals surface area contributed by atoms with E-state index < -0.39 is 0 Å². The number of nitrogens with zero attached hydrogens (tertiary/aromatic N) is 5. The van der Waals surface area contributed by atoms with Crippen LogP contribution in [0.2, 0.25) is 0 Å². The van der Waals surface area contributed by atoms with Crippen molar-refractivity contribution in [1.29, 1.82) is 0 Å². The smallest absolute Gasteiger partial charge is 0.223 e. The lowest BCUT2D eigenvalue weighted by molar-refractivity contribution is -0.125. The quantitative estimate of drug-likeness (QED) is 0.699. The van der Waals surface area contributed by atoms with Crippen molar-refractivity contribution in [3.63, 3.8) is 0 Å². The van der Waals surface area contributed by atoms with Gasteiger partial charge in [-0.1, -0.05) is 0 Å². The molecular formula is C19H32N6O2. The first kappa shape index (κ1) is 19.8. The summed E-state index contributed by atoms with van der Waals surface area (Å²) in [5.41, 5.74) is 1.10. The van der Waals surface area contributed by atoms with Crippen LogP contribution in [0, 0.1) is 5.92 Å². The summed E-state index contributed by atoms with van der Waals surface area (Å²) in [5.74, 6) is 1.30. The Bertz CT molecular complexity index is 598. The molecule has 27 heavy (non-hydrogen) atoms. The van der Waals surface area contributed by atoms with E-state index >= 15 is 0 Å². The zero-order valence-corrected chi connectivity index (χ0v) is 16.6. The number of piperazine rings is 1. The van der Waals surface area contributed by atoms with Crippen LogP contribution < -0.4 is 15.1 Å². The van der Waals surface area contributed by atoms with Crippen LogP contribution >= 0.6 is 0 Å². The average molecular weight is 377 g/mol. The lowest BCUT2D eigenvalue weighted by Gasteiger charge is -2.38. The third-order valence-corrected chi connectivity index (χ3v) is 5.51. The van der Waals surface area contributed by atoms with Crippen LogP contribution in [0.25, 0.3) is 0 Å². The first-order valence-corrected chi connectivity index (χ1v) is 9.94. The fraction of sp³-hybridized carbons (Fsp3) is 0.737. The van der Waals surface area contributed by atoms with E-state index in [1.165, 1.54) is 0 Å². The highest BCUT2D eigenvalue weighted by Crippen LogP contribution is 2.30. The monoisotopic (exact) mass is 376 g/mol. The fourth-order valence-corrected chi connectivity index (χ4v) is 3.76. The molecule has 1 aromatic rings. The van der Waals surface area contributed by atoms with Crippen molar-refractivity contribution >= 4 is 17.4 Å². The largest absolute Gasteiger partial charge is 0.385 e. The van der Waals surface area contributed by atoms with Crippen LogP contribution in [0.3, 0.4) is 0 Å². The van der Waals surface area contributed by atoms with Gasteiger partial charge in [0, 0.05) is 65.4 Å². The van der Waals surface area contributed by atoms with E-state index in [2.05, 4.69) is 37.0 Å². The van der Waals surface area contributed by atoms with E-state index in [0.29, 0.717) is 13.2 Å². The topological polar surface area (TPSA) is 73.8 Å². The molecule has 8 heteroatoms. The number of anilines is 2. The Morgan fingerprint density at radius 1 is 1.19 bits per heavy atom. The molecule has 1 N–H and O–H groups in total. The van der Waals surface area contributed by atoms with Gasteiger partial charge in [-0.3, -0.25) is 4.79 Å². The lowest BCUT2D eigenvalue weighted by Crippen LogP contribution is -2.46. The van der Waals surface area contributed by atoms with Crippen LogP contribution in [0.15, 0.2) is 12.5 Å². The molecule has 0 bridgehead atoms. The summed E-state index contributed by atoms with van der Waals surface area (Å²) >= 11 is 0. The number of amides is 1. The molecule has 2 aliphatic heterocycles. The van der Waals surface area contributed by atoms with Gasteiger partial charge in [-0.2, -0.15) is 0 Å². The van der Waals surface area contributed by atoms with Gasteiger partial charge < -0.3 is 24.8 Å². The molecule has 8 nitrogen and oxygen atoms in total. The van der Waals surface area contributed by atoms with Crippen LogP contribution in [-0.2, 0) is 9.53 Å². The van der Waals surface area contributed by atoms with Crippen LogP contribution in [0.1, 0.15) is 19.3 Å². The Balaban J connectivity index is 1.54. The second-order valence-corrected chi connectivity index (χ2v) is 7.42. The van der Waals surface area contributed by atoms with E-state index in [9.17, 15) is 4.79 Å². The lowest BCUT2D eigenvalue weighted by atomic mass is 9.95. The summed E-state index contributed by atoms with van der Waals surface area (Å²) in [6, 6.07) is 0. The Hall–Kier alpha value is -1.93. The predicted molar refractivity (Wildman–Crippen MR) is 106 cm³/mol. The Labute approximate surface area is 161 Å². The van der Waals surface area contributed by atoms with Crippen molar-refractivity contribution in [2.24, 2.45) is 5.92 Å². The Kier molecular flexibility index (Phi) is 7.23. The molecule has 150 valence electrons. The molecule has 0 aromatic carbocycles. The van der Waals surface area contributed by atoms with Gasteiger partial charge in [-0.25, -0.2) is 9.97 Å². The molecule has 0 radical (unpaired) electrons. The van der Waals surface area contributed by atoms with Crippen molar-refractivity contribution in [1.82, 2.24) is 20.2 Å². The van der Waals surface area contributed by atoms with E-state index in [1.54, 1.807) is 13.4 Å². The Morgan fingerprint density at radius 3 is 2.63 bits per heavy atom. The molecule has 0 saturated carbocycles. The molecule has 0 atom stereocenters. The highest BCUT2D eigenvalue weighted by molar-refractivity contribution is 5.79. The summed E-state index contributed by atoms with van der Waals surface area (Å²) in [7, 11) is 3.84. The minimum Gasteiger partial charge on any atom is -0.385 e. The fourth-order valence-electron chi connectivity index (χ4n) is 3.76. The third kappa shape index (κ3) is 5.29. The number of nitrogens with one attached hydrogen (secondary N) is 1. The van der Waals surface area contributed by atoms with Gasteiger partial charge in [-0.15, -0.1) is 0 Å². The van der Waals surface area contributed by atoms with Crippen molar-refractivity contribution < 1.29 is 9.53 Å². The summed E-state index contributed by atoms with van der Waals surface area (Å²) in [6.45, 7) is 7.18. The van der Waals surface area contributed by atoms with Crippen molar-refractivity contribution in [2.75, 3.05) is 76.4 Å². The molecule has 2 fully saturated rings. The van der Waals surface area contributed by atoms with Crippen molar-refractivity contribution in [3.05, 3.63) is 12.5 Å². The standard InChI is InChI=1S/C19H32N6O2/c1-23-9-11-25(12-10-23)18-17(14-20-15-22-18)24-7-4-16(5-8-24)19(26)21-6-3-13-27-2/h14-16H,3-13H2,1-2H3,(H,21,26). The first-order valence-electron chi connectivity index (χ1n) is 9.94. The van der Waals surface area contributed by atoms with E-state index in [0.717, 1.165) is 70.0 Å². The zero-order valence-electron chi connectivity index (χ0n) is 16.6. The number of aromatic nitrogens is 2. The molecular weight excluding hydrogens is 344 g/mol. The minimum absolute atomic E-state index is 0.0977. The number of rotatable bonds is 7. The normalized spacial score (nSPS) is 19.3. The molecule has 3 rings (SSSR count). The van der Waals surface area contributed by atoms with Crippen molar-refractivity contribution in [2.45, 2.75) is 19.3 Å². The van der Waals surface area contributed by atoms with Gasteiger partial charge in [0.05, 0.1) is 11.9 Å². The maximum atomic E-state index is 12.3. The van der Waals surface area contributed by atoms with Gasteiger partial charge in [0.2, 0.25) is 5.91 Å². The molecule has 1 amide bonds. The summed E-state index contributed by atoms with van der Waals surface area (Å²) in [5, 5.41) is 3.03. The SMILES string of the molecule is COCCCNC(=O)C1CCN(c2cncnc2N2CCN(C)CC2)CC1.